The first-order valence-electron chi connectivity index (χ1n) is 5.08. The maximum atomic E-state index is 9.94. The lowest BCUT2D eigenvalue weighted by molar-refractivity contribution is 0.155. The number of rotatable bonds is 0. The number of aryl methyl sites for hydroxylation is 2. The number of hydrogen-bond donors (Lipinski definition) is 1. The average Bonchev–Trinajstić information content (AvgIpc) is 2.14. The van der Waals surface area contributed by atoms with Crippen molar-refractivity contribution in [3.05, 3.63) is 32.8 Å². The zero-order valence-electron chi connectivity index (χ0n) is 8.60. The molecule has 0 spiro atoms. The van der Waals surface area contributed by atoms with E-state index in [9.17, 15) is 5.11 Å². The summed E-state index contributed by atoms with van der Waals surface area (Å²) in [6, 6.07) is 2.20. The second kappa shape index (κ2) is 3.67. The van der Waals surface area contributed by atoms with Crippen LogP contribution < -0.4 is 0 Å². The monoisotopic (exact) mass is 254 g/mol. The largest absolute Gasteiger partial charge is 0.388 e. The normalized spacial score (nSPS) is 20.7. The first-order valence-corrected chi connectivity index (χ1v) is 5.87. The van der Waals surface area contributed by atoms with Gasteiger partial charge in [-0.2, -0.15) is 0 Å². The Balaban J connectivity index is 2.64. The third-order valence-electron chi connectivity index (χ3n) is 3.07. The molecule has 0 aliphatic heterocycles. The first-order chi connectivity index (χ1) is 6.61. The predicted octanol–water partition coefficient (Wildman–Crippen LogP) is 3.44. The van der Waals surface area contributed by atoms with Gasteiger partial charge in [-0.1, -0.05) is 22.0 Å². The third kappa shape index (κ3) is 1.51. The molecule has 14 heavy (non-hydrogen) atoms. The third-order valence-corrected chi connectivity index (χ3v) is 4.29. The molecule has 1 aromatic carbocycles. The van der Waals surface area contributed by atoms with Crippen molar-refractivity contribution in [3.8, 4) is 0 Å². The van der Waals surface area contributed by atoms with Crippen molar-refractivity contribution < 1.29 is 5.11 Å². The van der Waals surface area contributed by atoms with Gasteiger partial charge in [0.25, 0.3) is 0 Å². The van der Waals surface area contributed by atoms with Crippen LogP contribution in [0.5, 0.6) is 0 Å². The predicted molar refractivity (Wildman–Crippen MR) is 61.5 cm³/mol. The van der Waals surface area contributed by atoms with E-state index in [0.717, 1.165) is 29.3 Å². The van der Waals surface area contributed by atoms with Crippen molar-refractivity contribution in [2.45, 2.75) is 39.2 Å². The number of aliphatic hydroxyl groups excluding tert-OH is 1. The van der Waals surface area contributed by atoms with E-state index in [1.165, 1.54) is 16.7 Å². The molecule has 1 aliphatic carbocycles. The minimum Gasteiger partial charge on any atom is -0.388 e. The molecule has 0 saturated heterocycles. The Morgan fingerprint density at radius 1 is 1.43 bits per heavy atom. The van der Waals surface area contributed by atoms with E-state index in [4.69, 9.17) is 0 Å². The minimum atomic E-state index is -0.254. The van der Waals surface area contributed by atoms with Crippen molar-refractivity contribution in [1.29, 1.82) is 0 Å². The Bertz CT molecular complexity index is 371. The van der Waals surface area contributed by atoms with E-state index in [1.807, 2.05) is 0 Å². The Hall–Kier alpha value is -0.340. The molecule has 0 amide bonds. The van der Waals surface area contributed by atoms with Crippen LogP contribution in [0, 0.1) is 13.8 Å². The van der Waals surface area contributed by atoms with E-state index in [2.05, 4.69) is 35.8 Å². The number of hydrogen-bond acceptors (Lipinski definition) is 1. The lowest BCUT2D eigenvalue weighted by Gasteiger charge is -2.25. The fourth-order valence-corrected chi connectivity index (χ4v) is 2.69. The summed E-state index contributed by atoms with van der Waals surface area (Å²) in [4.78, 5) is 0. The molecule has 0 radical (unpaired) electrons. The molecular formula is C12H15BrO. The van der Waals surface area contributed by atoms with Gasteiger partial charge in [0.05, 0.1) is 6.10 Å². The highest BCUT2D eigenvalue weighted by atomic mass is 79.9. The number of benzene rings is 1. The molecule has 0 heterocycles. The quantitative estimate of drug-likeness (QED) is 0.752. The summed E-state index contributed by atoms with van der Waals surface area (Å²) < 4.78 is 1.15. The van der Waals surface area contributed by atoms with Crippen LogP contribution in [-0.2, 0) is 6.42 Å². The van der Waals surface area contributed by atoms with Crippen molar-refractivity contribution in [3.63, 3.8) is 0 Å². The van der Waals surface area contributed by atoms with Gasteiger partial charge < -0.3 is 5.11 Å². The van der Waals surface area contributed by atoms with Crippen molar-refractivity contribution in [2.24, 2.45) is 0 Å². The summed E-state index contributed by atoms with van der Waals surface area (Å²) in [7, 11) is 0. The number of aliphatic hydroxyl groups is 1. The van der Waals surface area contributed by atoms with Crippen LogP contribution in [0.15, 0.2) is 10.5 Å². The Morgan fingerprint density at radius 3 is 2.86 bits per heavy atom. The molecule has 2 heteroatoms. The molecule has 0 aromatic heterocycles. The van der Waals surface area contributed by atoms with Crippen LogP contribution in [0.3, 0.4) is 0 Å². The summed E-state index contributed by atoms with van der Waals surface area (Å²) in [5.41, 5.74) is 4.98. The highest BCUT2D eigenvalue weighted by Crippen LogP contribution is 2.36. The van der Waals surface area contributed by atoms with Gasteiger partial charge in [-0.3, -0.25) is 0 Å². The molecule has 1 aromatic rings. The van der Waals surface area contributed by atoms with Crippen LogP contribution >= 0.6 is 15.9 Å². The number of halogens is 1. The summed E-state index contributed by atoms with van der Waals surface area (Å²) in [6.45, 7) is 4.20. The molecular weight excluding hydrogens is 240 g/mol. The zero-order chi connectivity index (χ0) is 10.3. The highest BCUT2D eigenvalue weighted by Gasteiger charge is 2.21. The van der Waals surface area contributed by atoms with Gasteiger partial charge in [-0.25, -0.2) is 0 Å². The lowest BCUT2D eigenvalue weighted by atomic mass is 9.85. The Labute approximate surface area is 93.3 Å². The highest BCUT2D eigenvalue weighted by molar-refractivity contribution is 9.10. The fourth-order valence-electron chi connectivity index (χ4n) is 2.36. The maximum absolute atomic E-state index is 9.94. The van der Waals surface area contributed by atoms with Gasteiger partial charge in [0.2, 0.25) is 0 Å². The molecule has 0 saturated carbocycles. The van der Waals surface area contributed by atoms with E-state index < -0.39 is 0 Å². The summed E-state index contributed by atoms with van der Waals surface area (Å²) >= 11 is 3.57. The van der Waals surface area contributed by atoms with Crippen LogP contribution in [0.2, 0.25) is 0 Å². The van der Waals surface area contributed by atoms with Gasteiger partial charge in [-0.05, 0) is 55.4 Å². The van der Waals surface area contributed by atoms with Crippen LogP contribution in [0.1, 0.15) is 41.2 Å². The van der Waals surface area contributed by atoms with Crippen molar-refractivity contribution in [1.82, 2.24) is 0 Å². The van der Waals surface area contributed by atoms with Crippen LogP contribution in [0.25, 0.3) is 0 Å². The molecule has 2 rings (SSSR count). The summed E-state index contributed by atoms with van der Waals surface area (Å²) in [5.74, 6) is 0. The lowest BCUT2D eigenvalue weighted by Crippen LogP contribution is -2.12. The molecule has 1 aliphatic rings. The zero-order valence-corrected chi connectivity index (χ0v) is 10.2. The van der Waals surface area contributed by atoms with Gasteiger partial charge in [0, 0.05) is 4.47 Å². The molecule has 76 valence electrons. The van der Waals surface area contributed by atoms with Gasteiger partial charge >= 0.3 is 0 Å². The first kappa shape index (κ1) is 10.2. The van der Waals surface area contributed by atoms with Crippen molar-refractivity contribution >= 4 is 15.9 Å². The minimum absolute atomic E-state index is 0.254. The van der Waals surface area contributed by atoms with E-state index >= 15 is 0 Å². The summed E-state index contributed by atoms with van der Waals surface area (Å²) in [6.07, 6.45) is 2.87. The average molecular weight is 255 g/mol. The summed E-state index contributed by atoms with van der Waals surface area (Å²) in [5, 5.41) is 9.94. The van der Waals surface area contributed by atoms with Crippen molar-refractivity contribution in [2.75, 3.05) is 0 Å². The molecule has 0 fully saturated rings. The standard InChI is InChI=1S/C12H15BrO/c1-7-6-9-4-3-5-10(14)11(9)8(2)12(7)13/h6,10,14H,3-5H2,1-2H3. The van der Waals surface area contributed by atoms with Crippen LogP contribution in [-0.4, -0.2) is 5.11 Å². The molecule has 0 bridgehead atoms. The Kier molecular flexibility index (Phi) is 2.67. The van der Waals surface area contributed by atoms with Gasteiger partial charge in [0.15, 0.2) is 0 Å². The molecule has 1 N–H and O–H groups in total. The number of fused-ring (bicyclic) bond motifs is 1. The Morgan fingerprint density at radius 2 is 2.14 bits per heavy atom. The van der Waals surface area contributed by atoms with E-state index in [0.29, 0.717) is 0 Å². The molecule has 1 nitrogen and oxygen atoms in total. The maximum Gasteiger partial charge on any atom is 0.0795 e. The molecule has 1 unspecified atom stereocenters. The van der Waals surface area contributed by atoms with Gasteiger partial charge in [-0.15, -0.1) is 0 Å². The molecule has 1 atom stereocenters. The van der Waals surface area contributed by atoms with Crippen LogP contribution in [0.4, 0.5) is 0 Å². The van der Waals surface area contributed by atoms with Gasteiger partial charge in [0.1, 0.15) is 0 Å². The van der Waals surface area contributed by atoms with E-state index in [1.54, 1.807) is 0 Å². The fraction of sp³-hybridized carbons (Fsp3) is 0.500. The van der Waals surface area contributed by atoms with E-state index in [-0.39, 0.29) is 6.10 Å². The second-order valence-electron chi connectivity index (χ2n) is 4.11. The topological polar surface area (TPSA) is 20.2 Å². The SMILES string of the molecule is Cc1cc2c(c(C)c1Br)C(O)CCC2. The second-order valence-corrected chi connectivity index (χ2v) is 4.91. The smallest absolute Gasteiger partial charge is 0.0795 e.